The number of fused-ring (bicyclic) bond motifs is 2. The van der Waals surface area contributed by atoms with Crippen LogP contribution >= 0.6 is 11.8 Å². The average molecular weight is 1620 g/mol. The minimum Gasteiger partial charge on any atom is -0.508 e. The van der Waals surface area contributed by atoms with Gasteiger partial charge in [-0.25, -0.2) is 0 Å². The molecule has 34 nitrogen and oxygen atoms in total. The minimum atomic E-state index is -2.37. The molecule has 2 aromatic carbocycles. The van der Waals surface area contributed by atoms with Crippen LogP contribution in [0, 0.1) is 23.7 Å². The van der Waals surface area contributed by atoms with Gasteiger partial charge in [0.2, 0.25) is 65.5 Å². The van der Waals surface area contributed by atoms with Gasteiger partial charge in [0.05, 0.1) is 42.5 Å². The number of ketones is 1. The Balaban J connectivity index is 1.26. The number of carbonyl (C=O) groups excluding carboxylic acids is 12. The largest absolute Gasteiger partial charge is 0.508 e. The number of hydrogen-bond donors (Lipinski definition) is 19. The summed E-state index contributed by atoms with van der Waals surface area (Å²) in [7, 11) is 0. The van der Waals surface area contributed by atoms with E-state index in [2.05, 4.69) is 68.6 Å². The molecular formula is C79H126N14O20S. The standard InChI is InChI=1S/C79H126N14O20S/c1-8-44(2)37-45(3)19-14-11-9-10-12-17-23-62(101)86-55-41-61(100)70(82-34-31-80)90-76(110)66-60(99)29-35-91(66)78(112)63(47(5)67(102)65(69(104)68(103)50-24-26-51(96)27-25-50)89-75(109)57-40-52(97)42-92(57)79(113)64(48(6)95)88-73(55)107)59(98)28-33-84-71(105)53(81)22-18-32-83-74(108)58(39-49-20-15-13-16-21-49)93-46(4)38-56(77(93)111)87-72(106)54(85-43-94)30-36-114-7/h13,15-16,20-21,24-27,43-48,52-61,63-66,68-70,82,95-100,103-104H,8-12,14,17-19,22-23,28-42,80-81H2,1-7H3,(H,83,108)(H,84,105)(H,85,94)(H,86,101)(H,87,106)(H,88,107)(H,89,109)(H,90,110)/t44-,45+,46?,47?,48+,52+,53-,54-,55-,56-,57-,58-,59+,60-,61+,63-,64-,65+,66-,68-,69-,70-/m0/s1. The van der Waals surface area contributed by atoms with E-state index >= 15 is 9.59 Å². The normalized spacial score (nSPS) is 26.5. The Morgan fingerprint density at radius 2 is 1.35 bits per heavy atom. The average Bonchev–Trinajstić information content (AvgIpc) is 1.65. The molecule has 0 radical (unpaired) electrons. The van der Waals surface area contributed by atoms with Crippen LogP contribution in [0.15, 0.2) is 54.6 Å². The van der Waals surface area contributed by atoms with Gasteiger partial charge in [0, 0.05) is 76.9 Å². The van der Waals surface area contributed by atoms with E-state index in [1.165, 1.54) is 35.2 Å². The van der Waals surface area contributed by atoms with Crippen molar-refractivity contribution in [2.24, 2.45) is 35.1 Å². The predicted molar refractivity (Wildman–Crippen MR) is 423 cm³/mol. The molecule has 22 atom stereocenters. The molecule has 0 bridgehead atoms. The van der Waals surface area contributed by atoms with Crippen LogP contribution in [0.25, 0.3) is 0 Å². The number of nitrogens with one attached hydrogen (secondary N) is 9. The molecule has 0 saturated carbocycles. The van der Waals surface area contributed by atoms with E-state index in [4.69, 9.17) is 11.5 Å². The van der Waals surface area contributed by atoms with Crippen LogP contribution in [0.4, 0.5) is 0 Å². The van der Waals surface area contributed by atoms with Crippen molar-refractivity contribution in [2.45, 2.75) is 273 Å². The molecule has 35 heteroatoms. The molecular weight excluding hydrogens is 1500 g/mol. The molecule has 4 saturated heterocycles. The van der Waals surface area contributed by atoms with Crippen LogP contribution in [0.3, 0.4) is 0 Å². The summed E-state index contributed by atoms with van der Waals surface area (Å²) in [5.74, 6) is -12.4. The summed E-state index contributed by atoms with van der Waals surface area (Å²) in [4.78, 5) is 174. The van der Waals surface area contributed by atoms with Crippen LogP contribution in [0.1, 0.15) is 174 Å². The Kier molecular flexibility index (Phi) is 39.4. The van der Waals surface area contributed by atoms with E-state index in [9.17, 15) is 88.8 Å². The lowest BCUT2D eigenvalue weighted by Gasteiger charge is -2.37. The van der Waals surface area contributed by atoms with Crippen molar-refractivity contribution in [1.82, 2.24) is 62.6 Å². The molecule has 6 rings (SSSR count). The lowest BCUT2D eigenvalue weighted by atomic mass is 9.79. The number of aromatic hydroxyl groups is 1. The van der Waals surface area contributed by atoms with Crippen LogP contribution < -0.4 is 59.3 Å². The quantitative estimate of drug-likeness (QED) is 0.0253. The van der Waals surface area contributed by atoms with Crippen molar-refractivity contribution in [1.29, 1.82) is 0 Å². The molecule has 2 unspecified atom stereocenters. The first-order valence-corrected chi connectivity index (χ1v) is 41.7. The zero-order valence-corrected chi connectivity index (χ0v) is 67.6. The molecule has 11 amide bonds. The van der Waals surface area contributed by atoms with Gasteiger partial charge in [-0.3, -0.25) is 62.9 Å². The van der Waals surface area contributed by atoms with Crippen molar-refractivity contribution < 1.29 is 98.4 Å². The molecule has 4 heterocycles. The summed E-state index contributed by atoms with van der Waals surface area (Å²) in [6.07, 6.45) is -5.63. The maximum atomic E-state index is 15.6. The summed E-state index contributed by atoms with van der Waals surface area (Å²) in [5.41, 5.74) is 12.9. The second kappa shape index (κ2) is 47.3. The number of thioether (sulfide) groups is 1. The highest BCUT2D eigenvalue weighted by Gasteiger charge is 2.52. The maximum absolute atomic E-state index is 15.6. The summed E-state index contributed by atoms with van der Waals surface area (Å²) < 4.78 is 0. The number of aliphatic hydroxyl groups is 7. The summed E-state index contributed by atoms with van der Waals surface area (Å²) in [6, 6.07) is -0.616. The smallest absolute Gasteiger partial charge is 0.248 e. The zero-order valence-electron chi connectivity index (χ0n) is 66.7. The van der Waals surface area contributed by atoms with Gasteiger partial charge >= 0.3 is 0 Å². The number of nitrogens with two attached hydrogens (primary N) is 2. The Morgan fingerprint density at radius 1 is 0.684 bits per heavy atom. The van der Waals surface area contributed by atoms with Gasteiger partial charge in [-0.15, -0.1) is 0 Å². The van der Waals surface area contributed by atoms with Gasteiger partial charge in [-0.2, -0.15) is 11.8 Å². The highest BCUT2D eigenvalue weighted by molar-refractivity contribution is 7.98. The van der Waals surface area contributed by atoms with E-state index in [-0.39, 0.29) is 69.5 Å². The Bertz CT molecular complexity index is 3460. The van der Waals surface area contributed by atoms with Crippen molar-refractivity contribution >= 4 is 83.0 Å². The molecule has 2 aromatic rings. The van der Waals surface area contributed by atoms with Gasteiger partial charge in [0.15, 0.2) is 5.78 Å². The van der Waals surface area contributed by atoms with E-state index in [0.29, 0.717) is 43.3 Å². The molecule has 0 spiro atoms. The lowest BCUT2D eigenvalue weighted by molar-refractivity contribution is -0.153. The highest BCUT2D eigenvalue weighted by Crippen LogP contribution is 2.33. The first-order chi connectivity index (χ1) is 54.3. The number of hydrogen-bond acceptors (Lipinski definition) is 24. The van der Waals surface area contributed by atoms with Gasteiger partial charge in [0.1, 0.15) is 72.5 Å². The Morgan fingerprint density at radius 3 is 2.01 bits per heavy atom. The fourth-order valence-electron chi connectivity index (χ4n) is 15.6. The lowest BCUT2D eigenvalue weighted by Crippen LogP contribution is -2.62. The third-order valence-electron chi connectivity index (χ3n) is 22.3. The van der Waals surface area contributed by atoms with Gasteiger partial charge in [0.25, 0.3) is 0 Å². The Hall–Kier alpha value is -7.97. The topological polar surface area (TPSA) is 537 Å². The second-order valence-corrected chi connectivity index (χ2v) is 32.2. The number of aliphatic hydroxyl groups excluding tert-OH is 7. The molecule has 4 aliphatic heterocycles. The number of nitrogens with zero attached hydrogens (tertiary/aromatic N) is 3. The Labute approximate surface area is 671 Å². The third kappa shape index (κ3) is 27.6. The van der Waals surface area contributed by atoms with Crippen LogP contribution in [-0.4, -0.2) is 281 Å². The number of unbranched alkanes of at least 4 members (excludes halogenated alkanes) is 5. The van der Waals surface area contributed by atoms with E-state index in [1.807, 2.05) is 6.26 Å². The number of amides is 11. The number of Topliss-reactive ketones (excluding diaryl/α,β-unsaturated/α-hetero) is 1. The molecule has 21 N–H and O–H groups in total. The minimum absolute atomic E-state index is 0.0255. The highest BCUT2D eigenvalue weighted by atomic mass is 32.2. The molecule has 0 aliphatic carbocycles. The molecule has 638 valence electrons. The van der Waals surface area contributed by atoms with Gasteiger partial charge in [-0.05, 0) is 112 Å². The van der Waals surface area contributed by atoms with Crippen molar-refractivity contribution in [3.63, 3.8) is 0 Å². The van der Waals surface area contributed by atoms with Crippen LogP contribution in [0.2, 0.25) is 0 Å². The number of benzene rings is 2. The third-order valence-corrected chi connectivity index (χ3v) is 22.9. The molecule has 114 heavy (non-hydrogen) atoms. The monoisotopic (exact) mass is 1620 g/mol. The fraction of sp³-hybridized carbons (Fsp3) is 0.696. The first kappa shape index (κ1) is 94.9. The zero-order chi connectivity index (χ0) is 84.0. The number of phenols is 1. The van der Waals surface area contributed by atoms with Crippen molar-refractivity contribution in [2.75, 3.05) is 51.3 Å². The summed E-state index contributed by atoms with van der Waals surface area (Å²) >= 11 is 1.48. The van der Waals surface area contributed by atoms with E-state index < -0.39 is 225 Å². The molecule has 4 aliphatic rings. The molecule has 4 fully saturated rings. The first-order valence-electron chi connectivity index (χ1n) is 40.3. The summed E-state index contributed by atoms with van der Waals surface area (Å²) in [5, 5.41) is 117. The van der Waals surface area contributed by atoms with E-state index in [0.717, 1.165) is 79.9 Å². The van der Waals surface area contributed by atoms with Crippen molar-refractivity contribution in [3.05, 3.63) is 65.7 Å². The number of likely N-dealkylation sites (tertiary alicyclic amines) is 1. The van der Waals surface area contributed by atoms with Gasteiger partial charge < -0.3 is 110 Å². The SMILES string of the molecule is CC[C@H](C)C[C@H](C)CCCCCCCCC(=O)N[C@H]1C[C@@H](O)[C@@H](NCCN)NC(=O)[C@@H]2[C@@H](O)CCN2C(=O)[C@H]([C@H](O)CCNC(=O)[C@@H](N)CCCNC(=O)[C@H](Cc2ccccc2)N2C(=O)[C@@H](NC(=O)[C@H](CCSC)NC=O)CC2C)C(C)C(=O)[C@H]([C@H](O)[C@@H](O)c2ccc(O)cc2)NC(=O)[C@@H]2C[C@@H](O)CN2C(=O)[C@H]([C@@H](C)O)NC1=O. The van der Waals surface area contributed by atoms with Gasteiger partial charge in [-0.1, -0.05) is 115 Å². The number of carbonyl (C=O) groups is 12. The van der Waals surface area contributed by atoms with E-state index in [1.54, 1.807) is 37.3 Å². The number of phenolic OH excluding ortho intramolecular Hbond substituents is 1. The van der Waals surface area contributed by atoms with Crippen LogP contribution in [-0.2, 0) is 64.0 Å². The summed E-state index contributed by atoms with van der Waals surface area (Å²) in [6.45, 7) is 9.05. The second-order valence-electron chi connectivity index (χ2n) is 31.3. The maximum Gasteiger partial charge on any atom is 0.248 e. The molecule has 0 aromatic heterocycles. The predicted octanol–water partition coefficient (Wildman–Crippen LogP) is -2.01. The van der Waals surface area contributed by atoms with Crippen molar-refractivity contribution in [3.8, 4) is 5.75 Å². The van der Waals surface area contributed by atoms with Crippen LogP contribution in [0.5, 0.6) is 5.75 Å². The number of rotatable bonds is 40. The fourth-order valence-corrected chi connectivity index (χ4v) is 16.0.